The standard InChI is InChI=1S/C16H24N2O/c1-2-18(12-14-8-9-14)16(19)15(11-17)10-13-6-4-3-5-7-13/h3-7,14-15H,2,8-12,17H2,1H3. The van der Waals surface area contributed by atoms with Crippen molar-refractivity contribution in [1.29, 1.82) is 0 Å². The van der Waals surface area contributed by atoms with Gasteiger partial charge in [0, 0.05) is 19.6 Å². The number of nitrogens with zero attached hydrogens (tertiary/aromatic N) is 1. The quantitative estimate of drug-likeness (QED) is 0.815. The monoisotopic (exact) mass is 260 g/mol. The first kappa shape index (κ1) is 14.1. The highest BCUT2D eigenvalue weighted by atomic mass is 16.2. The van der Waals surface area contributed by atoms with Crippen molar-refractivity contribution in [1.82, 2.24) is 4.90 Å². The largest absolute Gasteiger partial charge is 0.342 e. The van der Waals surface area contributed by atoms with Crippen LogP contribution in [0.3, 0.4) is 0 Å². The van der Waals surface area contributed by atoms with Crippen LogP contribution in [0.1, 0.15) is 25.3 Å². The van der Waals surface area contributed by atoms with Crippen molar-refractivity contribution in [2.75, 3.05) is 19.6 Å². The van der Waals surface area contributed by atoms with E-state index in [-0.39, 0.29) is 11.8 Å². The molecule has 0 bridgehead atoms. The molecule has 0 heterocycles. The summed E-state index contributed by atoms with van der Waals surface area (Å²) in [5.74, 6) is 0.876. The summed E-state index contributed by atoms with van der Waals surface area (Å²) >= 11 is 0. The zero-order chi connectivity index (χ0) is 13.7. The van der Waals surface area contributed by atoms with Gasteiger partial charge in [0.25, 0.3) is 0 Å². The fourth-order valence-electron chi connectivity index (χ4n) is 2.42. The summed E-state index contributed by atoms with van der Waals surface area (Å²) in [5, 5.41) is 0. The molecule has 1 unspecified atom stereocenters. The molecular formula is C16H24N2O. The Morgan fingerprint density at radius 3 is 2.58 bits per heavy atom. The second-order valence-electron chi connectivity index (χ2n) is 5.44. The molecule has 1 aromatic carbocycles. The molecule has 1 aromatic rings. The highest BCUT2D eigenvalue weighted by Crippen LogP contribution is 2.30. The smallest absolute Gasteiger partial charge is 0.227 e. The van der Waals surface area contributed by atoms with E-state index in [2.05, 4.69) is 19.1 Å². The van der Waals surface area contributed by atoms with Gasteiger partial charge in [-0.2, -0.15) is 0 Å². The normalized spacial score (nSPS) is 16.1. The van der Waals surface area contributed by atoms with Crippen molar-refractivity contribution >= 4 is 5.91 Å². The molecule has 2 rings (SSSR count). The van der Waals surface area contributed by atoms with E-state index in [0.29, 0.717) is 6.54 Å². The Bertz CT molecular complexity index is 400. The highest BCUT2D eigenvalue weighted by molar-refractivity contribution is 5.79. The number of rotatable bonds is 7. The third-order valence-electron chi connectivity index (χ3n) is 3.83. The Morgan fingerprint density at radius 2 is 2.05 bits per heavy atom. The molecule has 0 saturated heterocycles. The van der Waals surface area contributed by atoms with Crippen LogP contribution in [-0.4, -0.2) is 30.4 Å². The summed E-state index contributed by atoms with van der Waals surface area (Å²) in [6.07, 6.45) is 3.29. The molecule has 1 atom stereocenters. The summed E-state index contributed by atoms with van der Waals surface area (Å²) in [4.78, 5) is 14.5. The minimum absolute atomic E-state index is 0.0823. The Hall–Kier alpha value is -1.35. The summed E-state index contributed by atoms with van der Waals surface area (Å²) in [7, 11) is 0. The van der Waals surface area contributed by atoms with Crippen LogP contribution >= 0.6 is 0 Å². The molecule has 3 nitrogen and oxygen atoms in total. The average Bonchev–Trinajstić information content (AvgIpc) is 3.26. The maximum Gasteiger partial charge on any atom is 0.227 e. The number of carbonyl (C=O) groups is 1. The van der Waals surface area contributed by atoms with E-state index in [1.165, 1.54) is 18.4 Å². The molecular weight excluding hydrogens is 236 g/mol. The summed E-state index contributed by atoms with van der Waals surface area (Å²) in [6, 6.07) is 10.1. The molecule has 0 spiro atoms. The fourth-order valence-corrected chi connectivity index (χ4v) is 2.42. The maximum atomic E-state index is 12.5. The Kier molecular flexibility index (Phi) is 4.97. The fraction of sp³-hybridized carbons (Fsp3) is 0.562. The van der Waals surface area contributed by atoms with Gasteiger partial charge in [0.1, 0.15) is 0 Å². The van der Waals surface area contributed by atoms with Crippen LogP contribution in [-0.2, 0) is 11.2 Å². The predicted molar refractivity (Wildman–Crippen MR) is 77.7 cm³/mol. The molecule has 19 heavy (non-hydrogen) atoms. The zero-order valence-electron chi connectivity index (χ0n) is 11.7. The molecule has 3 heteroatoms. The molecule has 1 saturated carbocycles. The van der Waals surface area contributed by atoms with Crippen molar-refractivity contribution in [3.8, 4) is 0 Å². The number of nitrogens with two attached hydrogens (primary N) is 1. The lowest BCUT2D eigenvalue weighted by Crippen LogP contribution is -2.41. The molecule has 2 N–H and O–H groups in total. The minimum atomic E-state index is -0.0823. The maximum absolute atomic E-state index is 12.5. The molecule has 0 aliphatic heterocycles. The number of carbonyl (C=O) groups excluding carboxylic acids is 1. The van der Waals surface area contributed by atoms with Crippen LogP contribution in [0.25, 0.3) is 0 Å². The summed E-state index contributed by atoms with van der Waals surface area (Å²) in [5.41, 5.74) is 7.00. The van der Waals surface area contributed by atoms with Crippen molar-refractivity contribution in [2.24, 2.45) is 17.6 Å². The van der Waals surface area contributed by atoms with Gasteiger partial charge in [-0.05, 0) is 37.7 Å². The van der Waals surface area contributed by atoms with Gasteiger partial charge in [-0.1, -0.05) is 30.3 Å². The van der Waals surface area contributed by atoms with Crippen molar-refractivity contribution in [2.45, 2.75) is 26.2 Å². The van der Waals surface area contributed by atoms with Gasteiger partial charge >= 0.3 is 0 Å². The molecule has 1 aliphatic rings. The van der Waals surface area contributed by atoms with Gasteiger partial charge in [0.15, 0.2) is 0 Å². The Labute approximate surface area is 115 Å². The van der Waals surface area contributed by atoms with Gasteiger partial charge in [-0.25, -0.2) is 0 Å². The molecule has 1 aliphatic carbocycles. The van der Waals surface area contributed by atoms with Gasteiger partial charge in [-0.15, -0.1) is 0 Å². The van der Waals surface area contributed by atoms with Crippen LogP contribution in [0.5, 0.6) is 0 Å². The second-order valence-corrected chi connectivity index (χ2v) is 5.44. The third-order valence-corrected chi connectivity index (χ3v) is 3.83. The lowest BCUT2D eigenvalue weighted by Gasteiger charge is -2.25. The number of hydrogen-bond acceptors (Lipinski definition) is 2. The zero-order valence-corrected chi connectivity index (χ0v) is 11.7. The topological polar surface area (TPSA) is 46.3 Å². The first-order valence-electron chi connectivity index (χ1n) is 7.27. The van der Waals surface area contributed by atoms with Crippen LogP contribution in [0, 0.1) is 11.8 Å². The third kappa shape index (κ3) is 4.06. The first-order chi connectivity index (χ1) is 9.24. The Balaban J connectivity index is 1.96. The predicted octanol–water partition coefficient (Wildman–Crippen LogP) is 2.06. The van der Waals surface area contributed by atoms with Gasteiger partial charge < -0.3 is 10.6 Å². The summed E-state index contributed by atoms with van der Waals surface area (Å²) in [6.45, 7) is 4.19. The first-order valence-corrected chi connectivity index (χ1v) is 7.27. The lowest BCUT2D eigenvalue weighted by molar-refractivity contribution is -0.135. The van der Waals surface area contributed by atoms with E-state index in [1.54, 1.807) is 0 Å². The van der Waals surface area contributed by atoms with E-state index < -0.39 is 0 Å². The van der Waals surface area contributed by atoms with Crippen LogP contribution in [0.2, 0.25) is 0 Å². The lowest BCUT2D eigenvalue weighted by atomic mass is 9.98. The van der Waals surface area contributed by atoms with Crippen LogP contribution in [0.4, 0.5) is 0 Å². The number of benzene rings is 1. The van der Waals surface area contributed by atoms with E-state index in [0.717, 1.165) is 25.4 Å². The van der Waals surface area contributed by atoms with E-state index in [4.69, 9.17) is 5.73 Å². The molecule has 0 radical (unpaired) electrons. The van der Waals surface area contributed by atoms with E-state index in [9.17, 15) is 4.79 Å². The van der Waals surface area contributed by atoms with Crippen LogP contribution in [0.15, 0.2) is 30.3 Å². The summed E-state index contributed by atoms with van der Waals surface area (Å²) < 4.78 is 0. The van der Waals surface area contributed by atoms with Crippen molar-refractivity contribution < 1.29 is 4.79 Å². The molecule has 1 fully saturated rings. The van der Waals surface area contributed by atoms with Crippen molar-refractivity contribution in [3.05, 3.63) is 35.9 Å². The Morgan fingerprint density at radius 1 is 1.37 bits per heavy atom. The van der Waals surface area contributed by atoms with Crippen molar-refractivity contribution in [3.63, 3.8) is 0 Å². The second kappa shape index (κ2) is 6.71. The minimum Gasteiger partial charge on any atom is -0.342 e. The average molecular weight is 260 g/mol. The highest BCUT2D eigenvalue weighted by Gasteiger charge is 2.29. The molecule has 0 aromatic heterocycles. The number of hydrogen-bond donors (Lipinski definition) is 1. The molecule has 1 amide bonds. The number of amides is 1. The molecule has 104 valence electrons. The van der Waals surface area contributed by atoms with Crippen LogP contribution < -0.4 is 5.73 Å². The van der Waals surface area contributed by atoms with E-state index in [1.807, 2.05) is 23.1 Å². The van der Waals surface area contributed by atoms with Gasteiger partial charge in [0.2, 0.25) is 5.91 Å². The SMILES string of the molecule is CCN(CC1CC1)C(=O)C(CN)Cc1ccccc1. The van der Waals surface area contributed by atoms with E-state index >= 15 is 0 Å². The van der Waals surface area contributed by atoms with Gasteiger partial charge in [0.05, 0.1) is 5.92 Å². The van der Waals surface area contributed by atoms with Gasteiger partial charge in [-0.3, -0.25) is 4.79 Å².